The van der Waals surface area contributed by atoms with Crippen LogP contribution >= 0.6 is 0 Å². The molecule has 0 rings (SSSR count). The number of rotatable bonds is 3. The summed E-state index contributed by atoms with van der Waals surface area (Å²) in [7, 11) is 0. The zero-order valence-electron chi connectivity index (χ0n) is 21.2. The molecule has 2 N–H and O–H groups in total. The highest BCUT2D eigenvalue weighted by molar-refractivity contribution is 5.72. The molecule has 0 aromatic rings. The summed E-state index contributed by atoms with van der Waals surface area (Å²) in [5.41, 5.74) is 3.17. The quantitative estimate of drug-likeness (QED) is 0.647. The molecule has 2 amide bonds. The molecule has 0 aliphatic heterocycles. The Morgan fingerprint density at radius 3 is 1.28 bits per heavy atom. The third-order valence-electron chi connectivity index (χ3n) is 4.14. The van der Waals surface area contributed by atoms with Crippen LogP contribution in [-0.4, -0.2) is 56.0 Å². The first kappa shape index (κ1) is 27.5. The molecule has 0 spiro atoms. The molecule has 0 fully saturated rings. The second-order valence-electron chi connectivity index (χ2n) is 12.1. The number of hydrogen-bond acceptors (Lipinski definition) is 5. The van der Waals surface area contributed by atoms with Crippen LogP contribution in [0.2, 0.25) is 0 Å². The molecule has 0 aromatic heterocycles. The van der Waals surface area contributed by atoms with Crippen LogP contribution in [0.3, 0.4) is 0 Å². The Balaban J connectivity index is 6.26. The van der Waals surface area contributed by atoms with Gasteiger partial charge in [0.25, 0.3) is 0 Å². The third-order valence-corrected chi connectivity index (χ3v) is 4.14. The van der Waals surface area contributed by atoms with Crippen molar-refractivity contribution in [1.82, 2.24) is 9.80 Å². The predicted octanol–water partition coefficient (Wildman–Crippen LogP) is 5.12. The fraction of sp³-hybridized carbons (Fsp3) is 0.909. The van der Waals surface area contributed by atoms with Crippen molar-refractivity contribution >= 4 is 12.2 Å². The molecule has 0 saturated carbocycles. The normalized spacial score (nSPS) is 14.9. The number of nitrogens with zero attached hydrogens (tertiary/aromatic N) is 2. The van der Waals surface area contributed by atoms with Crippen LogP contribution in [-0.2, 0) is 9.47 Å². The molecule has 172 valence electrons. The molecule has 0 bridgehead atoms. The minimum absolute atomic E-state index is 0.483. The van der Waals surface area contributed by atoms with Crippen molar-refractivity contribution in [3.05, 3.63) is 0 Å². The van der Waals surface area contributed by atoms with E-state index in [4.69, 9.17) is 15.2 Å². The van der Waals surface area contributed by atoms with Crippen LogP contribution in [0, 0.1) is 0 Å². The average Bonchev–Trinajstić information content (AvgIpc) is 2.28. The molecular weight excluding hydrogens is 370 g/mol. The predicted molar refractivity (Wildman–Crippen MR) is 118 cm³/mol. The summed E-state index contributed by atoms with van der Waals surface area (Å²) in [4.78, 5) is 29.3. The number of ether oxygens (including phenoxy) is 2. The minimum atomic E-state index is -0.954. The second-order valence-corrected chi connectivity index (χ2v) is 12.1. The van der Waals surface area contributed by atoms with Crippen molar-refractivity contribution in [2.24, 2.45) is 5.73 Å². The van der Waals surface area contributed by atoms with Gasteiger partial charge < -0.3 is 15.2 Å². The fourth-order valence-corrected chi connectivity index (χ4v) is 3.25. The van der Waals surface area contributed by atoms with Gasteiger partial charge in [0.05, 0.1) is 5.54 Å². The van der Waals surface area contributed by atoms with E-state index in [1.807, 2.05) is 96.9 Å². The van der Waals surface area contributed by atoms with E-state index in [9.17, 15) is 9.59 Å². The summed E-state index contributed by atoms with van der Waals surface area (Å²) in [6.07, 6.45) is -1.85. The summed E-state index contributed by atoms with van der Waals surface area (Å²) < 4.78 is 11.3. The molecule has 1 unspecified atom stereocenters. The van der Waals surface area contributed by atoms with Gasteiger partial charge in [0.15, 0.2) is 0 Å². The Kier molecular flexibility index (Phi) is 7.89. The number of hydrogen-bond donors (Lipinski definition) is 1. The number of nitrogens with two attached hydrogens (primary N) is 1. The molecule has 29 heavy (non-hydrogen) atoms. The van der Waals surface area contributed by atoms with Gasteiger partial charge in [-0.25, -0.2) is 9.59 Å². The monoisotopic (exact) mass is 415 g/mol. The van der Waals surface area contributed by atoms with E-state index in [1.54, 1.807) is 4.90 Å². The van der Waals surface area contributed by atoms with Gasteiger partial charge in [0.2, 0.25) is 0 Å². The van der Waals surface area contributed by atoms with Gasteiger partial charge >= 0.3 is 12.2 Å². The van der Waals surface area contributed by atoms with Crippen LogP contribution in [0.1, 0.15) is 96.9 Å². The van der Waals surface area contributed by atoms with E-state index in [0.29, 0.717) is 0 Å². The minimum Gasteiger partial charge on any atom is -0.444 e. The largest absolute Gasteiger partial charge is 0.444 e. The van der Waals surface area contributed by atoms with Gasteiger partial charge in [-0.3, -0.25) is 9.80 Å². The van der Waals surface area contributed by atoms with Gasteiger partial charge in [-0.2, -0.15) is 0 Å². The molecule has 7 nitrogen and oxygen atoms in total. The van der Waals surface area contributed by atoms with E-state index in [-0.39, 0.29) is 0 Å². The van der Waals surface area contributed by atoms with Gasteiger partial charge in [0.1, 0.15) is 17.4 Å². The first-order valence-corrected chi connectivity index (χ1v) is 10.2. The van der Waals surface area contributed by atoms with E-state index in [2.05, 4.69) is 0 Å². The molecule has 0 aliphatic carbocycles. The van der Waals surface area contributed by atoms with Gasteiger partial charge in [-0.05, 0) is 96.9 Å². The Hall–Kier alpha value is -1.50. The standard InChI is InChI=1S/C22H45N3O4/c1-18(2,3)24(16(26)28-20(7,8)9)15(23)22(13,14)25(19(4,5)6)17(27)29-21(10,11)12/h15H,23H2,1-14H3. The zero-order chi connectivity index (χ0) is 23.8. The maximum Gasteiger partial charge on any atom is 0.412 e. The van der Waals surface area contributed by atoms with Crippen molar-refractivity contribution in [1.29, 1.82) is 0 Å². The summed E-state index contributed by atoms with van der Waals surface area (Å²) in [6.45, 7) is 26.0. The van der Waals surface area contributed by atoms with Crippen molar-refractivity contribution < 1.29 is 19.1 Å². The lowest BCUT2D eigenvalue weighted by Gasteiger charge is -2.53. The summed E-state index contributed by atoms with van der Waals surface area (Å²) in [6, 6.07) is 0. The second kappa shape index (κ2) is 8.32. The first-order chi connectivity index (χ1) is 12.4. The molecule has 0 radical (unpaired) electrons. The Morgan fingerprint density at radius 1 is 0.655 bits per heavy atom. The topological polar surface area (TPSA) is 85.1 Å². The lowest BCUT2D eigenvalue weighted by atomic mass is 9.89. The van der Waals surface area contributed by atoms with Crippen LogP contribution < -0.4 is 5.73 Å². The van der Waals surface area contributed by atoms with E-state index < -0.39 is 46.2 Å². The highest BCUT2D eigenvalue weighted by Crippen LogP contribution is 2.33. The van der Waals surface area contributed by atoms with Crippen molar-refractivity contribution in [2.75, 3.05) is 0 Å². The molecule has 0 heterocycles. The molecule has 1 atom stereocenters. The van der Waals surface area contributed by atoms with Crippen LogP contribution in [0.15, 0.2) is 0 Å². The Bertz CT molecular complexity index is 587. The molecule has 0 saturated heterocycles. The average molecular weight is 416 g/mol. The number of carbonyl (C=O) groups excluding carboxylic acids is 2. The van der Waals surface area contributed by atoms with Gasteiger partial charge in [-0.15, -0.1) is 0 Å². The smallest absolute Gasteiger partial charge is 0.412 e. The molecular formula is C22H45N3O4. The zero-order valence-corrected chi connectivity index (χ0v) is 21.2. The lowest BCUT2D eigenvalue weighted by Crippen LogP contribution is -2.72. The van der Waals surface area contributed by atoms with E-state index in [0.717, 1.165) is 0 Å². The Morgan fingerprint density at radius 2 is 1.00 bits per heavy atom. The molecule has 0 aliphatic rings. The summed E-state index contributed by atoms with van der Waals surface area (Å²) >= 11 is 0. The maximum atomic E-state index is 13.1. The summed E-state index contributed by atoms with van der Waals surface area (Å²) in [5, 5.41) is 0. The van der Waals surface area contributed by atoms with Crippen LogP contribution in [0.4, 0.5) is 9.59 Å². The molecule has 0 aromatic carbocycles. The number of carbonyl (C=O) groups is 2. The molecule has 7 heteroatoms. The van der Waals surface area contributed by atoms with Gasteiger partial charge in [-0.1, -0.05) is 0 Å². The van der Waals surface area contributed by atoms with Gasteiger partial charge in [0, 0.05) is 11.1 Å². The SMILES string of the molecule is CC(C)(C)OC(=O)N(C(N)C(C)(C)N(C(=O)OC(C)(C)C)C(C)(C)C)C(C)(C)C. The fourth-order valence-electron chi connectivity index (χ4n) is 3.25. The van der Waals surface area contributed by atoms with E-state index in [1.165, 1.54) is 4.90 Å². The highest BCUT2D eigenvalue weighted by Gasteiger charge is 2.50. The van der Waals surface area contributed by atoms with Crippen LogP contribution in [0.5, 0.6) is 0 Å². The Labute approximate surface area is 178 Å². The highest BCUT2D eigenvalue weighted by atomic mass is 16.6. The summed E-state index contributed by atoms with van der Waals surface area (Å²) in [5.74, 6) is 0. The third kappa shape index (κ3) is 8.03. The maximum absolute atomic E-state index is 13.1. The lowest BCUT2D eigenvalue weighted by molar-refractivity contribution is -0.0720. The van der Waals surface area contributed by atoms with E-state index >= 15 is 0 Å². The number of amides is 2. The van der Waals surface area contributed by atoms with Crippen molar-refractivity contribution in [3.8, 4) is 0 Å². The van der Waals surface area contributed by atoms with Crippen molar-refractivity contribution in [3.63, 3.8) is 0 Å². The first-order valence-electron chi connectivity index (χ1n) is 10.2. The van der Waals surface area contributed by atoms with Crippen molar-refractivity contribution in [2.45, 2.75) is 131 Å². The van der Waals surface area contributed by atoms with Crippen LogP contribution in [0.25, 0.3) is 0 Å².